The van der Waals surface area contributed by atoms with Gasteiger partial charge in [0.25, 0.3) is 0 Å². The first kappa shape index (κ1) is 16.6. The van der Waals surface area contributed by atoms with E-state index in [1.54, 1.807) is 20.8 Å². The zero-order valence-electron chi connectivity index (χ0n) is 12.3. The van der Waals surface area contributed by atoms with Crippen LogP contribution >= 0.6 is 0 Å². The highest BCUT2D eigenvalue weighted by molar-refractivity contribution is 5.98. The Hall–Kier alpha value is -1.38. The van der Waals surface area contributed by atoms with Gasteiger partial charge >= 0.3 is 5.97 Å². The van der Waals surface area contributed by atoms with Crippen molar-refractivity contribution < 1.29 is 14.3 Å². The molecule has 0 spiro atoms. The number of esters is 1. The van der Waals surface area contributed by atoms with Crippen molar-refractivity contribution in [3.63, 3.8) is 0 Å². The summed E-state index contributed by atoms with van der Waals surface area (Å²) in [5.41, 5.74) is 0.268. The van der Waals surface area contributed by atoms with E-state index < -0.39 is 11.4 Å². The van der Waals surface area contributed by atoms with Crippen LogP contribution < -0.4 is 0 Å². The monoisotopic (exact) mass is 252 g/mol. The van der Waals surface area contributed by atoms with Crippen LogP contribution in [-0.2, 0) is 14.3 Å². The van der Waals surface area contributed by atoms with E-state index in [4.69, 9.17) is 4.74 Å². The zero-order valence-corrected chi connectivity index (χ0v) is 12.3. The zero-order chi connectivity index (χ0) is 14.7. The van der Waals surface area contributed by atoms with Crippen LogP contribution in [0.15, 0.2) is 24.3 Å². The van der Waals surface area contributed by atoms with E-state index in [1.165, 1.54) is 0 Å². The Kier molecular flexibility index (Phi) is 5.53. The number of Topliss-reactive ketones (excluding diaryl/α,β-unsaturated/α-hetero) is 1. The standard InChI is InChI=1S/C15H24O3/c1-9(2)13(16)15(7,8)11(5)12(6)18-14(17)10(3)4/h11-12H,1,3H2,2,4-8H3. The van der Waals surface area contributed by atoms with E-state index in [-0.39, 0.29) is 17.8 Å². The molecule has 0 aliphatic heterocycles. The number of ether oxygens (including phenoxy) is 1. The molecule has 0 radical (unpaired) electrons. The molecule has 0 aliphatic rings. The summed E-state index contributed by atoms with van der Waals surface area (Å²) in [6.45, 7) is 17.9. The van der Waals surface area contributed by atoms with Gasteiger partial charge in [0.15, 0.2) is 5.78 Å². The Morgan fingerprint density at radius 3 is 1.83 bits per heavy atom. The first-order chi connectivity index (χ1) is 8.01. The topological polar surface area (TPSA) is 43.4 Å². The molecule has 0 rings (SSSR count). The van der Waals surface area contributed by atoms with Crippen molar-refractivity contribution in [2.45, 2.75) is 47.6 Å². The lowest BCUT2D eigenvalue weighted by atomic mass is 9.72. The van der Waals surface area contributed by atoms with Crippen molar-refractivity contribution in [2.75, 3.05) is 0 Å². The molecule has 0 saturated carbocycles. The van der Waals surface area contributed by atoms with Gasteiger partial charge in [-0.25, -0.2) is 4.79 Å². The van der Waals surface area contributed by atoms with Gasteiger partial charge in [0.2, 0.25) is 0 Å². The fourth-order valence-electron chi connectivity index (χ4n) is 1.72. The minimum absolute atomic E-state index is 0.00627. The van der Waals surface area contributed by atoms with Gasteiger partial charge in [-0.1, -0.05) is 33.9 Å². The van der Waals surface area contributed by atoms with Gasteiger partial charge in [-0.05, 0) is 26.3 Å². The van der Waals surface area contributed by atoms with Crippen molar-refractivity contribution in [1.82, 2.24) is 0 Å². The highest BCUT2D eigenvalue weighted by atomic mass is 16.5. The number of hydrogen-bond acceptors (Lipinski definition) is 3. The van der Waals surface area contributed by atoms with Crippen LogP contribution in [0.1, 0.15) is 41.5 Å². The summed E-state index contributed by atoms with van der Waals surface area (Å²) in [7, 11) is 0. The maximum absolute atomic E-state index is 12.1. The molecule has 3 nitrogen and oxygen atoms in total. The molecule has 0 fully saturated rings. The predicted octanol–water partition coefficient (Wildman–Crippen LogP) is 3.30. The van der Waals surface area contributed by atoms with E-state index in [9.17, 15) is 9.59 Å². The number of carbonyl (C=O) groups is 2. The highest BCUT2D eigenvalue weighted by Crippen LogP contribution is 2.33. The third-order valence-electron chi connectivity index (χ3n) is 3.46. The van der Waals surface area contributed by atoms with Crippen LogP contribution in [0.4, 0.5) is 0 Å². The number of allylic oxidation sites excluding steroid dienone is 1. The molecule has 0 aromatic heterocycles. The molecule has 0 aromatic rings. The van der Waals surface area contributed by atoms with Crippen molar-refractivity contribution >= 4 is 11.8 Å². The Morgan fingerprint density at radius 2 is 1.50 bits per heavy atom. The van der Waals surface area contributed by atoms with Gasteiger partial charge < -0.3 is 4.74 Å². The minimum atomic E-state index is -0.611. The van der Waals surface area contributed by atoms with Crippen LogP contribution in [0.5, 0.6) is 0 Å². The van der Waals surface area contributed by atoms with E-state index in [0.717, 1.165) is 0 Å². The van der Waals surface area contributed by atoms with E-state index in [2.05, 4.69) is 13.2 Å². The average molecular weight is 252 g/mol. The highest BCUT2D eigenvalue weighted by Gasteiger charge is 2.38. The lowest BCUT2D eigenvalue weighted by molar-refractivity contribution is -0.150. The summed E-state index contributed by atoms with van der Waals surface area (Å²) in [5, 5.41) is 0. The number of ketones is 1. The third kappa shape index (κ3) is 3.83. The van der Waals surface area contributed by atoms with Gasteiger partial charge in [0, 0.05) is 16.9 Å². The van der Waals surface area contributed by atoms with Crippen molar-refractivity contribution in [3.05, 3.63) is 24.3 Å². The molecule has 0 saturated heterocycles. The molecular formula is C15H24O3. The quantitative estimate of drug-likeness (QED) is 0.538. The molecular weight excluding hydrogens is 228 g/mol. The second-order valence-corrected chi connectivity index (χ2v) is 5.51. The van der Waals surface area contributed by atoms with Crippen LogP contribution in [0, 0.1) is 11.3 Å². The Balaban J connectivity index is 4.87. The molecule has 0 aliphatic carbocycles. The summed E-state index contributed by atoms with van der Waals surface area (Å²) < 4.78 is 5.27. The van der Waals surface area contributed by atoms with Gasteiger partial charge in [0.1, 0.15) is 6.10 Å². The Morgan fingerprint density at radius 1 is 1.06 bits per heavy atom. The van der Waals surface area contributed by atoms with E-state index in [0.29, 0.717) is 11.1 Å². The van der Waals surface area contributed by atoms with Crippen LogP contribution in [0.25, 0.3) is 0 Å². The molecule has 18 heavy (non-hydrogen) atoms. The summed E-state index contributed by atoms with van der Waals surface area (Å²) in [4.78, 5) is 23.5. The molecule has 0 heterocycles. The van der Waals surface area contributed by atoms with Gasteiger partial charge in [-0.2, -0.15) is 0 Å². The van der Waals surface area contributed by atoms with Crippen molar-refractivity contribution in [3.8, 4) is 0 Å². The lowest BCUT2D eigenvalue weighted by Gasteiger charge is -2.34. The van der Waals surface area contributed by atoms with Gasteiger partial charge in [-0.3, -0.25) is 4.79 Å². The molecule has 3 heteroatoms. The van der Waals surface area contributed by atoms with Gasteiger partial charge in [-0.15, -0.1) is 0 Å². The first-order valence-electron chi connectivity index (χ1n) is 6.08. The van der Waals surface area contributed by atoms with Gasteiger partial charge in [0.05, 0.1) is 0 Å². The summed E-state index contributed by atoms with van der Waals surface area (Å²) in [6.07, 6.45) is -0.354. The molecule has 0 amide bonds. The van der Waals surface area contributed by atoms with E-state index >= 15 is 0 Å². The normalized spacial score (nSPS) is 14.6. The minimum Gasteiger partial charge on any atom is -0.459 e. The smallest absolute Gasteiger partial charge is 0.333 e. The maximum atomic E-state index is 12.1. The molecule has 2 atom stereocenters. The summed E-state index contributed by atoms with van der Waals surface area (Å²) in [5.74, 6) is -0.536. The van der Waals surface area contributed by atoms with Crippen molar-refractivity contribution in [1.29, 1.82) is 0 Å². The number of hydrogen-bond donors (Lipinski definition) is 0. The third-order valence-corrected chi connectivity index (χ3v) is 3.46. The second-order valence-electron chi connectivity index (χ2n) is 5.51. The SMILES string of the molecule is C=C(C)C(=O)OC(C)C(C)C(C)(C)C(=O)C(=C)C. The predicted molar refractivity (Wildman–Crippen MR) is 73.1 cm³/mol. The summed E-state index contributed by atoms with van der Waals surface area (Å²) in [6, 6.07) is 0. The lowest BCUT2D eigenvalue weighted by Crippen LogP contribution is -2.39. The Labute approximate surface area is 110 Å². The molecule has 0 aromatic carbocycles. The van der Waals surface area contributed by atoms with Crippen LogP contribution in [0.2, 0.25) is 0 Å². The Bertz CT molecular complexity index is 377. The second kappa shape index (κ2) is 5.98. The van der Waals surface area contributed by atoms with Crippen LogP contribution in [-0.4, -0.2) is 17.9 Å². The average Bonchev–Trinajstić information content (AvgIpc) is 2.26. The van der Waals surface area contributed by atoms with Crippen LogP contribution in [0.3, 0.4) is 0 Å². The number of carbonyl (C=O) groups excluding carboxylic acids is 2. The summed E-state index contributed by atoms with van der Waals surface area (Å²) >= 11 is 0. The maximum Gasteiger partial charge on any atom is 0.333 e. The fourth-order valence-corrected chi connectivity index (χ4v) is 1.72. The van der Waals surface area contributed by atoms with E-state index in [1.807, 2.05) is 20.8 Å². The van der Waals surface area contributed by atoms with Crippen molar-refractivity contribution in [2.24, 2.45) is 11.3 Å². The fraction of sp³-hybridized carbons (Fsp3) is 0.600. The number of rotatable bonds is 6. The largest absolute Gasteiger partial charge is 0.459 e. The molecule has 102 valence electrons. The first-order valence-corrected chi connectivity index (χ1v) is 6.08. The molecule has 0 bridgehead atoms. The molecule has 0 N–H and O–H groups in total. The molecule has 2 unspecified atom stereocenters.